The minimum Gasteiger partial charge on any atom is -0.376 e. The molecule has 0 atom stereocenters. The predicted octanol–water partition coefficient (Wildman–Crippen LogP) is 3.41. The number of hydrogen-bond acceptors (Lipinski definition) is 4. The Morgan fingerprint density at radius 1 is 1.00 bits per heavy atom. The van der Waals surface area contributed by atoms with Crippen LogP contribution in [0.3, 0.4) is 0 Å². The number of rotatable bonds is 5. The largest absolute Gasteiger partial charge is 0.376 e. The summed E-state index contributed by atoms with van der Waals surface area (Å²) in [5.74, 6) is 0.894. The first-order valence-electron chi connectivity index (χ1n) is 6.64. The SMILES string of the molecule is Fc1ccc(NCc2nc(Cc3ccccc3)no2)cc1. The summed E-state index contributed by atoms with van der Waals surface area (Å²) >= 11 is 0. The highest BCUT2D eigenvalue weighted by Crippen LogP contribution is 2.11. The van der Waals surface area contributed by atoms with E-state index in [1.807, 2.05) is 30.3 Å². The van der Waals surface area contributed by atoms with Gasteiger partial charge in [0.1, 0.15) is 5.82 Å². The second kappa shape index (κ2) is 6.17. The Balaban J connectivity index is 1.59. The van der Waals surface area contributed by atoms with Gasteiger partial charge in [-0.25, -0.2) is 4.39 Å². The van der Waals surface area contributed by atoms with Crippen molar-refractivity contribution in [2.75, 3.05) is 5.32 Å². The van der Waals surface area contributed by atoms with Crippen molar-refractivity contribution in [3.05, 3.63) is 77.7 Å². The van der Waals surface area contributed by atoms with Gasteiger partial charge >= 0.3 is 0 Å². The highest BCUT2D eigenvalue weighted by molar-refractivity contribution is 5.42. The number of anilines is 1. The molecule has 3 aromatic rings. The summed E-state index contributed by atoms with van der Waals surface area (Å²) in [6.07, 6.45) is 0.640. The second-order valence-corrected chi connectivity index (χ2v) is 4.63. The lowest BCUT2D eigenvalue weighted by molar-refractivity contribution is 0.378. The van der Waals surface area contributed by atoms with Gasteiger partial charge in [-0.15, -0.1) is 0 Å². The highest BCUT2D eigenvalue weighted by Gasteiger charge is 2.06. The van der Waals surface area contributed by atoms with Crippen LogP contribution in [0.1, 0.15) is 17.3 Å². The molecule has 0 bridgehead atoms. The fourth-order valence-corrected chi connectivity index (χ4v) is 1.96. The average molecular weight is 283 g/mol. The molecule has 1 N–H and O–H groups in total. The van der Waals surface area contributed by atoms with E-state index in [-0.39, 0.29) is 5.82 Å². The van der Waals surface area contributed by atoms with Crippen LogP contribution < -0.4 is 5.32 Å². The van der Waals surface area contributed by atoms with Gasteiger partial charge < -0.3 is 9.84 Å². The van der Waals surface area contributed by atoms with Crippen molar-refractivity contribution in [3.8, 4) is 0 Å². The Labute approximate surface area is 121 Å². The summed E-state index contributed by atoms with van der Waals surface area (Å²) in [5.41, 5.74) is 1.94. The number of aromatic nitrogens is 2. The third-order valence-corrected chi connectivity index (χ3v) is 3.00. The maximum absolute atomic E-state index is 12.8. The molecule has 0 spiro atoms. The summed E-state index contributed by atoms with van der Waals surface area (Å²) in [6.45, 7) is 0.410. The summed E-state index contributed by atoms with van der Waals surface area (Å²) in [5, 5.41) is 7.05. The van der Waals surface area contributed by atoms with Crippen LogP contribution in [0, 0.1) is 5.82 Å². The zero-order valence-electron chi connectivity index (χ0n) is 11.3. The molecule has 106 valence electrons. The van der Waals surface area contributed by atoms with Gasteiger partial charge in [-0.3, -0.25) is 0 Å². The van der Waals surface area contributed by atoms with Crippen LogP contribution in [-0.2, 0) is 13.0 Å². The molecule has 2 aromatic carbocycles. The number of benzene rings is 2. The maximum atomic E-state index is 12.8. The Morgan fingerprint density at radius 3 is 2.52 bits per heavy atom. The van der Waals surface area contributed by atoms with Crippen molar-refractivity contribution in [1.29, 1.82) is 0 Å². The van der Waals surface area contributed by atoms with Crippen LogP contribution in [0.5, 0.6) is 0 Å². The molecule has 0 fully saturated rings. The van der Waals surface area contributed by atoms with Gasteiger partial charge in [-0.2, -0.15) is 4.98 Å². The molecule has 0 amide bonds. The van der Waals surface area contributed by atoms with Gasteiger partial charge in [0.2, 0.25) is 5.89 Å². The van der Waals surface area contributed by atoms with Crippen molar-refractivity contribution in [1.82, 2.24) is 10.1 Å². The quantitative estimate of drug-likeness (QED) is 0.779. The number of hydrogen-bond donors (Lipinski definition) is 1. The molecule has 5 heteroatoms. The van der Waals surface area contributed by atoms with Gasteiger partial charge in [0.15, 0.2) is 5.82 Å². The Morgan fingerprint density at radius 2 is 1.76 bits per heavy atom. The van der Waals surface area contributed by atoms with Gasteiger partial charge in [0.25, 0.3) is 0 Å². The molecule has 0 aliphatic rings. The van der Waals surface area contributed by atoms with Crippen molar-refractivity contribution in [2.24, 2.45) is 0 Å². The fourth-order valence-electron chi connectivity index (χ4n) is 1.96. The first-order chi connectivity index (χ1) is 10.3. The zero-order chi connectivity index (χ0) is 14.5. The third-order valence-electron chi connectivity index (χ3n) is 3.00. The molecule has 4 nitrogen and oxygen atoms in total. The van der Waals surface area contributed by atoms with Crippen LogP contribution in [0.15, 0.2) is 59.1 Å². The van der Waals surface area contributed by atoms with Crippen molar-refractivity contribution in [3.63, 3.8) is 0 Å². The summed E-state index contributed by atoms with van der Waals surface area (Å²) < 4.78 is 18.0. The van der Waals surface area contributed by atoms with Crippen LogP contribution in [0.25, 0.3) is 0 Å². The fraction of sp³-hybridized carbons (Fsp3) is 0.125. The molecule has 0 aliphatic carbocycles. The molecule has 0 unspecified atom stereocenters. The molecular formula is C16H14FN3O. The third kappa shape index (κ3) is 3.66. The lowest BCUT2D eigenvalue weighted by Gasteiger charge is -2.02. The van der Waals surface area contributed by atoms with E-state index in [2.05, 4.69) is 15.5 Å². The van der Waals surface area contributed by atoms with Crippen LogP contribution in [0.4, 0.5) is 10.1 Å². The number of halogens is 1. The number of nitrogens with one attached hydrogen (secondary N) is 1. The van der Waals surface area contributed by atoms with Gasteiger partial charge in [0.05, 0.1) is 6.54 Å². The predicted molar refractivity (Wildman–Crippen MR) is 77.3 cm³/mol. The molecule has 1 aromatic heterocycles. The van der Waals surface area contributed by atoms with Crippen molar-refractivity contribution in [2.45, 2.75) is 13.0 Å². The lowest BCUT2D eigenvalue weighted by Crippen LogP contribution is -2.00. The van der Waals surface area contributed by atoms with E-state index < -0.39 is 0 Å². The van der Waals surface area contributed by atoms with E-state index in [0.717, 1.165) is 11.3 Å². The van der Waals surface area contributed by atoms with E-state index in [4.69, 9.17) is 4.52 Å². The minimum absolute atomic E-state index is 0.261. The van der Waals surface area contributed by atoms with Crippen LogP contribution in [-0.4, -0.2) is 10.1 Å². The van der Waals surface area contributed by atoms with E-state index >= 15 is 0 Å². The smallest absolute Gasteiger partial charge is 0.245 e. The van der Waals surface area contributed by atoms with Crippen LogP contribution in [0.2, 0.25) is 0 Å². The van der Waals surface area contributed by atoms with Gasteiger partial charge in [0, 0.05) is 12.1 Å². The standard InChI is InChI=1S/C16H14FN3O/c17-13-6-8-14(9-7-13)18-11-16-19-15(20-21-16)10-12-4-2-1-3-5-12/h1-9,18H,10-11H2. The number of nitrogens with zero attached hydrogens (tertiary/aromatic N) is 2. The Kier molecular flexibility index (Phi) is 3.91. The minimum atomic E-state index is -0.261. The molecule has 0 radical (unpaired) electrons. The normalized spacial score (nSPS) is 10.5. The summed E-state index contributed by atoms with van der Waals surface area (Å²) in [6, 6.07) is 16.1. The zero-order valence-corrected chi connectivity index (χ0v) is 11.3. The second-order valence-electron chi connectivity index (χ2n) is 4.63. The molecule has 0 saturated carbocycles. The van der Waals surface area contributed by atoms with E-state index in [9.17, 15) is 4.39 Å². The Hall–Kier alpha value is -2.69. The van der Waals surface area contributed by atoms with E-state index in [1.165, 1.54) is 12.1 Å². The topological polar surface area (TPSA) is 51.0 Å². The van der Waals surface area contributed by atoms with Crippen molar-refractivity contribution < 1.29 is 8.91 Å². The molecule has 1 heterocycles. The first-order valence-corrected chi connectivity index (χ1v) is 6.64. The Bertz CT molecular complexity index is 695. The highest BCUT2D eigenvalue weighted by atomic mass is 19.1. The molecule has 0 saturated heterocycles. The van der Waals surface area contributed by atoms with Gasteiger partial charge in [-0.1, -0.05) is 35.5 Å². The van der Waals surface area contributed by atoms with Crippen molar-refractivity contribution >= 4 is 5.69 Å². The lowest BCUT2D eigenvalue weighted by atomic mass is 10.1. The van der Waals surface area contributed by atoms with Crippen LogP contribution >= 0.6 is 0 Å². The molecule has 3 rings (SSSR count). The maximum Gasteiger partial charge on any atom is 0.245 e. The van der Waals surface area contributed by atoms with Gasteiger partial charge in [-0.05, 0) is 29.8 Å². The molecule has 21 heavy (non-hydrogen) atoms. The summed E-state index contributed by atoms with van der Waals surface area (Å²) in [7, 11) is 0. The molecule has 0 aliphatic heterocycles. The van der Waals surface area contributed by atoms with E-state index in [1.54, 1.807) is 12.1 Å². The molecular weight excluding hydrogens is 269 g/mol. The van der Waals surface area contributed by atoms with E-state index in [0.29, 0.717) is 24.7 Å². The average Bonchev–Trinajstić information content (AvgIpc) is 2.95. The monoisotopic (exact) mass is 283 g/mol. The first kappa shape index (κ1) is 13.3. The summed E-state index contributed by atoms with van der Waals surface area (Å²) in [4.78, 5) is 4.32.